The normalized spacial score (nSPS) is 30.6. The molecule has 0 unspecified atom stereocenters. The van der Waals surface area contributed by atoms with Crippen LogP contribution in [-0.2, 0) is 0 Å². The lowest BCUT2D eigenvalue weighted by Crippen LogP contribution is -2.39. The Balaban J connectivity index is 2.38. The van der Waals surface area contributed by atoms with Gasteiger partial charge in [0.2, 0.25) is 0 Å². The van der Waals surface area contributed by atoms with E-state index in [9.17, 15) is 0 Å². The van der Waals surface area contributed by atoms with Crippen molar-refractivity contribution in [2.24, 2.45) is 5.73 Å². The van der Waals surface area contributed by atoms with Gasteiger partial charge in [-0.15, -0.1) is 0 Å². The largest absolute Gasteiger partial charge is 0.487 e. The molecule has 2 heteroatoms. The first-order chi connectivity index (χ1) is 6.64. The van der Waals surface area contributed by atoms with Gasteiger partial charge in [0.25, 0.3) is 0 Å². The number of benzene rings is 1. The SMILES string of the molecule is CC[C@]1(C)C[C@@H](N)c2ccccc2O1. The van der Waals surface area contributed by atoms with Crippen molar-refractivity contribution in [2.75, 3.05) is 0 Å². The van der Waals surface area contributed by atoms with Crippen LogP contribution < -0.4 is 10.5 Å². The van der Waals surface area contributed by atoms with E-state index in [1.54, 1.807) is 0 Å². The molecule has 1 aromatic carbocycles. The van der Waals surface area contributed by atoms with Crippen LogP contribution in [0.15, 0.2) is 24.3 Å². The van der Waals surface area contributed by atoms with E-state index in [1.807, 2.05) is 18.2 Å². The van der Waals surface area contributed by atoms with Crippen molar-refractivity contribution in [1.82, 2.24) is 0 Å². The minimum absolute atomic E-state index is 0.0895. The van der Waals surface area contributed by atoms with E-state index < -0.39 is 0 Å². The topological polar surface area (TPSA) is 35.2 Å². The summed E-state index contributed by atoms with van der Waals surface area (Å²) in [5.41, 5.74) is 7.17. The second-order valence-electron chi connectivity index (χ2n) is 4.25. The molecule has 2 nitrogen and oxygen atoms in total. The zero-order valence-corrected chi connectivity index (χ0v) is 8.79. The second kappa shape index (κ2) is 3.28. The fourth-order valence-electron chi connectivity index (χ4n) is 1.98. The standard InChI is InChI=1S/C12H17NO/c1-3-12(2)8-10(13)9-6-4-5-7-11(9)14-12/h4-7,10H,3,8,13H2,1-2H3/t10-,12-/m1/s1. The average molecular weight is 191 g/mol. The molecule has 2 rings (SSSR count). The first kappa shape index (κ1) is 9.53. The van der Waals surface area contributed by atoms with Crippen LogP contribution in [0.2, 0.25) is 0 Å². The van der Waals surface area contributed by atoms with Gasteiger partial charge in [-0.1, -0.05) is 25.1 Å². The van der Waals surface area contributed by atoms with Crippen LogP contribution in [0.5, 0.6) is 5.75 Å². The van der Waals surface area contributed by atoms with Crippen molar-refractivity contribution < 1.29 is 4.74 Å². The zero-order valence-electron chi connectivity index (χ0n) is 8.79. The number of nitrogens with two attached hydrogens (primary N) is 1. The van der Waals surface area contributed by atoms with Gasteiger partial charge >= 0.3 is 0 Å². The number of ether oxygens (including phenoxy) is 1. The van der Waals surface area contributed by atoms with Crippen LogP contribution in [0.4, 0.5) is 0 Å². The molecule has 0 aliphatic carbocycles. The maximum absolute atomic E-state index is 6.12. The number of para-hydroxylation sites is 1. The molecule has 0 bridgehead atoms. The molecule has 0 fully saturated rings. The van der Waals surface area contributed by atoms with Crippen molar-refractivity contribution in [3.05, 3.63) is 29.8 Å². The summed E-state index contributed by atoms with van der Waals surface area (Å²) in [6, 6.07) is 8.17. The van der Waals surface area contributed by atoms with E-state index in [2.05, 4.69) is 19.9 Å². The lowest BCUT2D eigenvalue weighted by Gasteiger charge is -2.38. The Labute approximate surface area is 85.1 Å². The Hall–Kier alpha value is -1.02. The smallest absolute Gasteiger partial charge is 0.124 e. The van der Waals surface area contributed by atoms with Crippen molar-refractivity contribution in [3.63, 3.8) is 0 Å². The Bertz CT molecular complexity index is 337. The van der Waals surface area contributed by atoms with Gasteiger partial charge in [0.05, 0.1) is 0 Å². The Morgan fingerprint density at radius 1 is 1.50 bits per heavy atom. The monoisotopic (exact) mass is 191 g/mol. The Morgan fingerprint density at radius 2 is 2.21 bits per heavy atom. The van der Waals surface area contributed by atoms with Gasteiger partial charge in [0.15, 0.2) is 0 Å². The van der Waals surface area contributed by atoms with Crippen LogP contribution in [0, 0.1) is 0 Å². The molecular formula is C12H17NO. The van der Waals surface area contributed by atoms with Gasteiger partial charge in [-0.2, -0.15) is 0 Å². The lowest BCUT2D eigenvalue weighted by molar-refractivity contribution is 0.0503. The van der Waals surface area contributed by atoms with Crippen molar-refractivity contribution in [2.45, 2.75) is 38.3 Å². The van der Waals surface area contributed by atoms with E-state index in [0.29, 0.717) is 0 Å². The number of fused-ring (bicyclic) bond motifs is 1. The molecule has 1 aliphatic heterocycles. The highest BCUT2D eigenvalue weighted by atomic mass is 16.5. The molecule has 0 saturated carbocycles. The minimum Gasteiger partial charge on any atom is -0.487 e. The summed E-state index contributed by atoms with van der Waals surface area (Å²) in [5.74, 6) is 0.954. The fourth-order valence-corrected chi connectivity index (χ4v) is 1.98. The van der Waals surface area contributed by atoms with Crippen molar-refractivity contribution in [3.8, 4) is 5.75 Å². The predicted molar refractivity (Wildman–Crippen MR) is 57.3 cm³/mol. The third kappa shape index (κ3) is 1.50. The molecule has 0 radical (unpaired) electrons. The quantitative estimate of drug-likeness (QED) is 0.740. The van der Waals surface area contributed by atoms with Crippen LogP contribution in [-0.4, -0.2) is 5.60 Å². The molecule has 0 amide bonds. The van der Waals surface area contributed by atoms with Crippen LogP contribution in [0.25, 0.3) is 0 Å². The summed E-state index contributed by atoms with van der Waals surface area (Å²) in [6.07, 6.45) is 1.90. The number of rotatable bonds is 1. The summed E-state index contributed by atoms with van der Waals surface area (Å²) in [5, 5.41) is 0. The van der Waals surface area contributed by atoms with Crippen molar-refractivity contribution in [1.29, 1.82) is 0 Å². The maximum atomic E-state index is 6.12. The number of hydrogen-bond donors (Lipinski definition) is 1. The van der Waals surface area contributed by atoms with Gasteiger partial charge < -0.3 is 10.5 Å². The lowest BCUT2D eigenvalue weighted by atomic mass is 9.87. The zero-order chi connectivity index (χ0) is 10.2. The number of hydrogen-bond acceptors (Lipinski definition) is 2. The van der Waals surface area contributed by atoms with Crippen LogP contribution in [0.1, 0.15) is 38.3 Å². The third-order valence-electron chi connectivity index (χ3n) is 3.07. The van der Waals surface area contributed by atoms with E-state index in [1.165, 1.54) is 0 Å². The van der Waals surface area contributed by atoms with Gasteiger partial charge in [-0.3, -0.25) is 0 Å². The van der Waals surface area contributed by atoms with E-state index in [4.69, 9.17) is 10.5 Å². The summed E-state index contributed by atoms with van der Waals surface area (Å²) in [4.78, 5) is 0. The highest BCUT2D eigenvalue weighted by Crippen LogP contribution is 2.39. The first-order valence-electron chi connectivity index (χ1n) is 5.18. The fraction of sp³-hybridized carbons (Fsp3) is 0.500. The minimum atomic E-state index is -0.0895. The summed E-state index contributed by atoms with van der Waals surface area (Å²) >= 11 is 0. The van der Waals surface area contributed by atoms with Gasteiger partial charge in [-0.05, 0) is 19.4 Å². The summed E-state index contributed by atoms with van der Waals surface area (Å²) in [7, 11) is 0. The molecule has 1 aliphatic rings. The summed E-state index contributed by atoms with van der Waals surface area (Å²) < 4.78 is 5.96. The Morgan fingerprint density at radius 3 is 2.93 bits per heavy atom. The maximum Gasteiger partial charge on any atom is 0.124 e. The highest BCUT2D eigenvalue weighted by Gasteiger charge is 2.33. The molecule has 2 atom stereocenters. The molecule has 14 heavy (non-hydrogen) atoms. The summed E-state index contributed by atoms with van der Waals surface area (Å²) in [6.45, 7) is 4.27. The molecule has 76 valence electrons. The highest BCUT2D eigenvalue weighted by molar-refractivity contribution is 5.38. The van der Waals surface area contributed by atoms with E-state index in [0.717, 1.165) is 24.2 Å². The molecule has 0 aromatic heterocycles. The molecule has 1 heterocycles. The Kier molecular flexibility index (Phi) is 2.23. The molecule has 2 N–H and O–H groups in total. The van der Waals surface area contributed by atoms with Gasteiger partial charge in [0.1, 0.15) is 11.4 Å². The first-order valence-corrected chi connectivity index (χ1v) is 5.18. The van der Waals surface area contributed by atoms with Gasteiger partial charge in [0, 0.05) is 18.0 Å². The molecule has 1 aromatic rings. The average Bonchev–Trinajstić information content (AvgIpc) is 2.18. The third-order valence-corrected chi connectivity index (χ3v) is 3.07. The van der Waals surface area contributed by atoms with E-state index in [-0.39, 0.29) is 11.6 Å². The van der Waals surface area contributed by atoms with E-state index >= 15 is 0 Å². The predicted octanol–water partition coefficient (Wildman–Crippen LogP) is 2.64. The molecular weight excluding hydrogens is 174 g/mol. The van der Waals surface area contributed by atoms with Crippen LogP contribution >= 0.6 is 0 Å². The van der Waals surface area contributed by atoms with Crippen molar-refractivity contribution >= 4 is 0 Å². The molecule has 0 saturated heterocycles. The molecule has 0 spiro atoms. The second-order valence-corrected chi connectivity index (χ2v) is 4.25. The van der Waals surface area contributed by atoms with Crippen LogP contribution in [0.3, 0.4) is 0 Å². The van der Waals surface area contributed by atoms with Gasteiger partial charge in [-0.25, -0.2) is 0 Å².